The minimum atomic E-state index is -1.12. The smallest absolute Gasteiger partial charge is 0.407 e. The number of hydrogen-bond donors (Lipinski definition) is 3. The number of aryl methyl sites for hydroxylation is 1. The lowest BCUT2D eigenvalue weighted by atomic mass is 9.98. The number of nitrogens with zero attached hydrogens (tertiary/aromatic N) is 1. The summed E-state index contributed by atoms with van der Waals surface area (Å²) in [5, 5.41) is 14.9. The van der Waals surface area contributed by atoms with Gasteiger partial charge in [0.1, 0.15) is 17.2 Å². The van der Waals surface area contributed by atoms with E-state index >= 15 is 0 Å². The molecule has 0 aliphatic heterocycles. The predicted octanol–water partition coefficient (Wildman–Crippen LogP) is 5.04. The molecule has 0 radical (unpaired) electrons. The Kier molecular flexibility index (Phi) is 7.45. The summed E-state index contributed by atoms with van der Waals surface area (Å²) in [6.45, 7) is 4.13. The Hall–Kier alpha value is -3.72. The van der Waals surface area contributed by atoms with Crippen LogP contribution in [0.25, 0.3) is 11.1 Å². The van der Waals surface area contributed by atoms with E-state index in [1.54, 1.807) is 6.92 Å². The SMILES string of the molecule is Cc1nsc(NC(=O)CCC(C)CNC(=O)OCC2c3ccccc3-c3ccccc32)c1C(=O)O. The number of alkyl carbamates (subject to hydrolysis) is 1. The first kappa shape index (κ1) is 24.4. The van der Waals surface area contributed by atoms with Crippen molar-refractivity contribution in [2.24, 2.45) is 5.92 Å². The van der Waals surface area contributed by atoms with Gasteiger partial charge in [0.05, 0.1) is 5.69 Å². The molecule has 9 heteroatoms. The van der Waals surface area contributed by atoms with Gasteiger partial charge in [-0.3, -0.25) is 4.79 Å². The maximum Gasteiger partial charge on any atom is 0.407 e. The number of ether oxygens (including phenoxy) is 1. The standard InChI is InChI=1S/C26H27N3O5S/c1-15(11-12-22(30)28-24-23(25(31)32)16(2)29-35-24)13-27-26(33)34-14-21-19-9-5-3-7-17(19)18-8-4-6-10-20(18)21/h3-10,15,21H,11-14H2,1-2H3,(H,27,33)(H,28,30)(H,31,32). The third-order valence-electron chi connectivity index (χ3n) is 6.13. The highest BCUT2D eigenvalue weighted by Gasteiger charge is 2.29. The highest BCUT2D eigenvalue weighted by molar-refractivity contribution is 7.11. The lowest BCUT2D eigenvalue weighted by molar-refractivity contribution is -0.116. The van der Waals surface area contributed by atoms with Crippen molar-refractivity contribution >= 4 is 34.5 Å². The van der Waals surface area contributed by atoms with Crippen molar-refractivity contribution in [1.82, 2.24) is 9.69 Å². The maximum atomic E-state index is 12.3. The van der Waals surface area contributed by atoms with Crippen molar-refractivity contribution in [3.05, 3.63) is 70.9 Å². The Balaban J connectivity index is 1.22. The van der Waals surface area contributed by atoms with Gasteiger partial charge in [-0.15, -0.1) is 0 Å². The molecule has 3 N–H and O–H groups in total. The lowest BCUT2D eigenvalue weighted by Gasteiger charge is -2.16. The summed E-state index contributed by atoms with van der Waals surface area (Å²) in [6, 6.07) is 16.3. The molecule has 1 aliphatic carbocycles. The maximum absolute atomic E-state index is 12.3. The van der Waals surface area contributed by atoms with E-state index in [-0.39, 0.29) is 41.3 Å². The van der Waals surface area contributed by atoms with Crippen LogP contribution in [-0.4, -0.2) is 40.6 Å². The molecule has 0 fully saturated rings. The number of hydrogen-bond acceptors (Lipinski definition) is 6. The van der Waals surface area contributed by atoms with Gasteiger partial charge in [-0.1, -0.05) is 55.5 Å². The van der Waals surface area contributed by atoms with Crippen molar-refractivity contribution in [2.75, 3.05) is 18.5 Å². The fourth-order valence-corrected chi connectivity index (χ4v) is 5.09. The van der Waals surface area contributed by atoms with Gasteiger partial charge in [-0.05, 0) is 53.0 Å². The molecule has 0 bridgehead atoms. The highest BCUT2D eigenvalue weighted by atomic mass is 32.1. The zero-order valence-electron chi connectivity index (χ0n) is 19.5. The summed E-state index contributed by atoms with van der Waals surface area (Å²) in [7, 11) is 0. The molecule has 4 rings (SSSR count). The number of carbonyl (C=O) groups is 3. The van der Waals surface area contributed by atoms with Gasteiger partial charge in [-0.25, -0.2) is 9.59 Å². The number of aromatic nitrogens is 1. The number of benzene rings is 2. The molecule has 0 spiro atoms. The molecular weight excluding hydrogens is 466 g/mol. The summed E-state index contributed by atoms with van der Waals surface area (Å²) < 4.78 is 9.53. The number of rotatable bonds is 9. The average Bonchev–Trinajstić information content (AvgIpc) is 3.37. The summed E-state index contributed by atoms with van der Waals surface area (Å²) in [5.41, 5.74) is 5.05. The number of fused-ring (bicyclic) bond motifs is 3. The van der Waals surface area contributed by atoms with E-state index < -0.39 is 12.1 Å². The Morgan fingerprint density at radius 3 is 2.34 bits per heavy atom. The predicted molar refractivity (Wildman–Crippen MR) is 134 cm³/mol. The first-order chi connectivity index (χ1) is 16.8. The molecule has 0 saturated carbocycles. The molecule has 3 aromatic rings. The van der Waals surface area contributed by atoms with E-state index in [2.05, 4.69) is 39.3 Å². The quantitative estimate of drug-likeness (QED) is 0.384. The van der Waals surface area contributed by atoms with E-state index in [0.29, 0.717) is 18.7 Å². The number of carbonyl (C=O) groups excluding carboxylic acids is 2. The second kappa shape index (κ2) is 10.7. The van der Waals surface area contributed by atoms with Crippen LogP contribution in [0.4, 0.5) is 9.80 Å². The number of nitrogens with one attached hydrogen (secondary N) is 2. The van der Waals surface area contributed by atoms with Gasteiger partial charge in [0.2, 0.25) is 5.91 Å². The van der Waals surface area contributed by atoms with Crippen LogP contribution in [0, 0.1) is 12.8 Å². The van der Waals surface area contributed by atoms with Crippen LogP contribution in [0.1, 0.15) is 52.9 Å². The fraction of sp³-hybridized carbons (Fsp3) is 0.308. The van der Waals surface area contributed by atoms with E-state index in [9.17, 15) is 19.5 Å². The number of carboxylic acids is 1. The zero-order chi connectivity index (χ0) is 24.9. The molecule has 8 nitrogen and oxygen atoms in total. The van der Waals surface area contributed by atoms with Gasteiger partial charge >= 0.3 is 12.1 Å². The van der Waals surface area contributed by atoms with Crippen LogP contribution >= 0.6 is 11.5 Å². The second-order valence-electron chi connectivity index (χ2n) is 8.68. The minimum absolute atomic E-state index is 0.000316. The highest BCUT2D eigenvalue weighted by Crippen LogP contribution is 2.44. The Labute approximate surface area is 207 Å². The third-order valence-corrected chi connectivity index (χ3v) is 6.99. The van der Waals surface area contributed by atoms with Crippen molar-refractivity contribution in [2.45, 2.75) is 32.6 Å². The summed E-state index contributed by atoms with van der Waals surface area (Å²) in [4.78, 5) is 35.9. The molecule has 0 saturated heterocycles. The molecule has 182 valence electrons. The number of carboxylic acid groups (broad SMARTS) is 1. The van der Waals surface area contributed by atoms with Crippen molar-refractivity contribution < 1.29 is 24.2 Å². The zero-order valence-corrected chi connectivity index (χ0v) is 20.4. The third kappa shape index (κ3) is 5.51. The molecule has 1 aromatic heterocycles. The van der Waals surface area contributed by atoms with Crippen LogP contribution < -0.4 is 10.6 Å². The van der Waals surface area contributed by atoms with Crippen LogP contribution in [0.15, 0.2) is 48.5 Å². The normalized spacial score (nSPS) is 13.0. The topological polar surface area (TPSA) is 118 Å². The van der Waals surface area contributed by atoms with Gasteiger partial charge in [0.25, 0.3) is 0 Å². The molecule has 1 heterocycles. The summed E-state index contributed by atoms with van der Waals surface area (Å²) >= 11 is 0.952. The summed E-state index contributed by atoms with van der Waals surface area (Å²) in [6.07, 6.45) is 0.230. The molecule has 1 unspecified atom stereocenters. The van der Waals surface area contributed by atoms with Gasteiger partial charge < -0.3 is 20.5 Å². The van der Waals surface area contributed by atoms with Crippen molar-refractivity contribution in [1.29, 1.82) is 0 Å². The van der Waals surface area contributed by atoms with E-state index in [4.69, 9.17) is 4.74 Å². The molecule has 1 aliphatic rings. The van der Waals surface area contributed by atoms with Gasteiger partial charge in [-0.2, -0.15) is 4.37 Å². The molecule has 2 aromatic carbocycles. The average molecular weight is 494 g/mol. The Morgan fingerprint density at radius 2 is 1.71 bits per heavy atom. The number of anilines is 1. The monoisotopic (exact) mass is 493 g/mol. The minimum Gasteiger partial charge on any atom is -0.478 e. The lowest BCUT2D eigenvalue weighted by Crippen LogP contribution is -2.30. The van der Waals surface area contributed by atoms with Gasteiger partial charge in [0.15, 0.2) is 0 Å². The fourth-order valence-electron chi connectivity index (χ4n) is 4.28. The first-order valence-electron chi connectivity index (χ1n) is 11.4. The summed E-state index contributed by atoms with van der Waals surface area (Å²) in [5.74, 6) is -1.37. The van der Waals surface area contributed by atoms with Crippen LogP contribution in [0.2, 0.25) is 0 Å². The number of amides is 2. The van der Waals surface area contributed by atoms with E-state index in [1.807, 2.05) is 31.2 Å². The molecule has 1 atom stereocenters. The Bertz CT molecular complexity index is 1210. The van der Waals surface area contributed by atoms with Crippen LogP contribution in [0.3, 0.4) is 0 Å². The molecule has 2 amide bonds. The molecule has 35 heavy (non-hydrogen) atoms. The van der Waals surface area contributed by atoms with Crippen molar-refractivity contribution in [3.8, 4) is 11.1 Å². The van der Waals surface area contributed by atoms with Crippen LogP contribution in [0.5, 0.6) is 0 Å². The molecular formula is C26H27N3O5S. The van der Waals surface area contributed by atoms with E-state index in [0.717, 1.165) is 22.7 Å². The van der Waals surface area contributed by atoms with E-state index in [1.165, 1.54) is 11.1 Å². The van der Waals surface area contributed by atoms with Crippen molar-refractivity contribution in [3.63, 3.8) is 0 Å². The Morgan fingerprint density at radius 1 is 1.09 bits per heavy atom. The van der Waals surface area contributed by atoms with Crippen LogP contribution in [-0.2, 0) is 9.53 Å². The second-order valence-corrected chi connectivity index (χ2v) is 9.45. The van der Waals surface area contributed by atoms with Gasteiger partial charge in [0, 0.05) is 18.9 Å². The first-order valence-corrected chi connectivity index (χ1v) is 12.2. The number of aromatic carboxylic acids is 1. The largest absolute Gasteiger partial charge is 0.478 e.